The monoisotopic (exact) mass is 1540 g/mol. The normalized spacial score (nSPS) is 17.7. The summed E-state index contributed by atoms with van der Waals surface area (Å²) < 4.78 is 116. The average Bonchev–Trinajstić information content (AvgIpc) is 1.62. The molecule has 0 saturated carbocycles. The average molecular weight is 1550 g/mol. The van der Waals surface area contributed by atoms with Gasteiger partial charge in [0.1, 0.15) is 30.9 Å². The van der Waals surface area contributed by atoms with Crippen molar-refractivity contribution < 1.29 is 68.9 Å². The molecule has 105 heavy (non-hydrogen) atoms. The zero-order valence-corrected chi connectivity index (χ0v) is 63.7. The number of thiophene rings is 1. The molecular weight excluding hydrogens is 1450 g/mol. The topological polar surface area (TPSA) is 148 Å². The van der Waals surface area contributed by atoms with Gasteiger partial charge in [0.25, 0.3) is 11.8 Å². The molecule has 10 rings (SSSR count). The second-order valence-electron chi connectivity index (χ2n) is 29.0. The van der Waals surface area contributed by atoms with Gasteiger partial charge >= 0.3 is 18.4 Å². The Balaban J connectivity index is 0.00000513. The number of carbonyl (C=O) groups excluding carboxylic acids is 5. The molecule has 5 aromatic carbocycles. The van der Waals surface area contributed by atoms with Crippen molar-refractivity contribution >= 4 is 84.0 Å². The molecule has 574 valence electrons. The minimum atomic E-state index is -5.15. The number of hydrogen-bond donors (Lipinski definition) is 1. The lowest BCUT2D eigenvalue weighted by atomic mass is 9.72. The van der Waals surface area contributed by atoms with Crippen molar-refractivity contribution in [3.63, 3.8) is 0 Å². The summed E-state index contributed by atoms with van der Waals surface area (Å²) in [5, 5.41) is 2.94. The first kappa shape index (κ1) is 85.4. The van der Waals surface area contributed by atoms with Crippen LogP contribution >= 0.6 is 48.6 Å². The highest BCUT2D eigenvalue weighted by molar-refractivity contribution is 7.14. The largest absolute Gasteiger partial charge is 0.446 e. The number of unbranched alkanes of at least 4 members (excludes halogenated alkanes) is 2. The van der Waals surface area contributed by atoms with E-state index < -0.39 is 64.6 Å². The van der Waals surface area contributed by atoms with E-state index in [1.165, 1.54) is 41.2 Å². The quantitative estimate of drug-likeness (QED) is 0.0370. The Kier molecular flexibility index (Phi) is 30.7. The van der Waals surface area contributed by atoms with Crippen LogP contribution in [-0.2, 0) is 60.1 Å². The molecule has 2 atom stereocenters. The zero-order valence-electron chi connectivity index (χ0n) is 60.4. The Bertz CT molecular complexity index is 3800. The number of fused-ring (bicyclic) bond motifs is 2. The predicted molar refractivity (Wildman–Crippen MR) is 401 cm³/mol. The summed E-state index contributed by atoms with van der Waals surface area (Å²) in [5.74, 6) is -1.74. The molecule has 0 radical (unpaired) electrons. The van der Waals surface area contributed by atoms with E-state index in [0.717, 1.165) is 91.3 Å². The number of nitrogens with zero attached hydrogens (tertiary/aromatic N) is 7. The molecule has 1 spiro atoms. The Hall–Kier alpha value is -6.87. The van der Waals surface area contributed by atoms with Gasteiger partial charge in [-0.25, -0.2) is 9.18 Å². The van der Waals surface area contributed by atoms with Crippen LogP contribution in [0.5, 0.6) is 0 Å². The second kappa shape index (κ2) is 37.8. The van der Waals surface area contributed by atoms with Gasteiger partial charge in [-0.05, 0) is 154 Å². The van der Waals surface area contributed by atoms with Gasteiger partial charge in [0.05, 0.1) is 34.3 Å². The molecule has 0 bridgehead atoms. The fraction of sp³-hybridized carbons (Fsp3) is 0.500. The third kappa shape index (κ3) is 22.9. The van der Waals surface area contributed by atoms with E-state index in [1.807, 2.05) is 90.8 Å². The van der Waals surface area contributed by atoms with Crippen molar-refractivity contribution in [2.45, 2.75) is 134 Å². The molecule has 4 aliphatic rings. The van der Waals surface area contributed by atoms with E-state index in [1.54, 1.807) is 23.9 Å². The Morgan fingerprint density at radius 1 is 0.667 bits per heavy atom. The molecule has 16 nitrogen and oxygen atoms in total. The van der Waals surface area contributed by atoms with Crippen molar-refractivity contribution in [2.75, 3.05) is 118 Å². The Morgan fingerprint density at radius 3 is 1.97 bits per heavy atom. The van der Waals surface area contributed by atoms with Crippen molar-refractivity contribution in [3.8, 4) is 11.1 Å². The number of anilines is 1. The van der Waals surface area contributed by atoms with Gasteiger partial charge in [0.15, 0.2) is 0 Å². The lowest BCUT2D eigenvalue weighted by molar-refractivity contribution is -0.143. The van der Waals surface area contributed by atoms with Crippen LogP contribution < -0.4 is 5.32 Å². The van der Waals surface area contributed by atoms with Crippen LogP contribution in [0, 0.1) is 11.2 Å². The van der Waals surface area contributed by atoms with E-state index in [9.17, 15) is 54.7 Å². The van der Waals surface area contributed by atoms with Crippen LogP contribution in [-0.4, -0.2) is 189 Å². The number of ether oxygens (including phenoxy) is 3. The van der Waals surface area contributed by atoms with Gasteiger partial charge in [0.2, 0.25) is 11.8 Å². The molecule has 3 fully saturated rings. The van der Waals surface area contributed by atoms with Crippen LogP contribution in [0.15, 0.2) is 133 Å². The molecule has 4 heterocycles. The van der Waals surface area contributed by atoms with E-state index in [0.29, 0.717) is 106 Å². The van der Waals surface area contributed by atoms with Gasteiger partial charge in [0, 0.05) is 108 Å². The molecule has 5 amide bonds. The number of halogens is 10. The molecule has 1 aliphatic carbocycles. The number of likely N-dealkylation sites (tertiary alicyclic amines) is 2. The summed E-state index contributed by atoms with van der Waals surface area (Å²) in [6.07, 6.45) is -3.87. The molecule has 3 saturated heterocycles. The number of rotatable bonds is 28. The van der Waals surface area contributed by atoms with Gasteiger partial charge in [-0.1, -0.05) is 112 Å². The number of nitrogens with one attached hydrogen (secondary N) is 1. The number of alkyl halides is 6. The smallest absolute Gasteiger partial charge is 0.416 e. The van der Waals surface area contributed by atoms with Crippen molar-refractivity contribution in [3.05, 3.63) is 182 Å². The van der Waals surface area contributed by atoms with Crippen molar-refractivity contribution in [1.82, 2.24) is 34.3 Å². The van der Waals surface area contributed by atoms with E-state index in [2.05, 4.69) is 52.9 Å². The van der Waals surface area contributed by atoms with Crippen LogP contribution in [0.4, 0.5) is 41.2 Å². The van der Waals surface area contributed by atoms with Gasteiger partial charge in [-0.3, -0.25) is 29.4 Å². The maximum Gasteiger partial charge on any atom is 0.416 e. The second-order valence-corrected chi connectivity index (χ2v) is 30.2. The van der Waals surface area contributed by atoms with Crippen molar-refractivity contribution in [1.29, 1.82) is 0 Å². The lowest BCUT2D eigenvalue weighted by Crippen LogP contribution is -2.50. The first-order valence-electron chi connectivity index (χ1n) is 35.3. The maximum absolute atomic E-state index is 14.3. The van der Waals surface area contributed by atoms with Gasteiger partial charge < -0.3 is 43.6 Å². The zero-order chi connectivity index (χ0) is 73.0. The summed E-state index contributed by atoms with van der Waals surface area (Å²) in [4.78, 5) is 82.5. The number of likely N-dealkylation sites (N-methyl/N-ethyl adjacent to an activating group) is 2. The molecule has 1 aromatic heterocycles. The summed E-state index contributed by atoms with van der Waals surface area (Å²) >= 11 is 1.50. The number of piperidine rings is 2. The Labute approximate surface area is 634 Å². The lowest BCUT2D eigenvalue weighted by Gasteiger charge is -2.44. The van der Waals surface area contributed by atoms with E-state index in [4.69, 9.17) is 14.2 Å². The summed E-state index contributed by atoms with van der Waals surface area (Å²) in [5.41, 5.74) is -0.185. The first-order valence-corrected chi connectivity index (χ1v) is 36.2. The first-order chi connectivity index (χ1) is 48.5. The minimum Gasteiger partial charge on any atom is -0.446 e. The summed E-state index contributed by atoms with van der Waals surface area (Å²) in [6.45, 7) is 13.7. The standard InChI is InChI=1S/C78H95F7N8O8S.3ClH/c1-74(2,3)52-92(38-16-8-11-24-69(94)88(5)44-45-90-39-31-62(32-40-90)101-73(98)86-66-23-15-13-21-64(66)55-18-9-7-10-19-55)50-63-29-30-67(102-63)72(97)89(6)37-17-36-87(4)70(95)51-99-68-48-56-20-12-14-22-65(56)75(68)33-41-91(42-34-75)43-35-76(58-25-27-61(79)28-26-58)53-93(54-100-76)71(96)57-46-59(77(80,81)82)49-60(47-57)78(83,84)85;;;/h7,9-10,12-15,18-23,25-30,46-47,49,62,68H,8,11,16-17,24,31-45,48,50-54H2,1-6H3,(H,86,98);3*1H/t68-,76-;;;/m0.../s1. The molecule has 0 unspecified atom stereocenters. The fourth-order valence-corrected chi connectivity index (χ4v) is 15.7. The maximum atomic E-state index is 14.3. The predicted octanol–water partition coefficient (Wildman–Crippen LogP) is 15.7. The molecule has 3 aliphatic heterocycles. The number of benzene rings is 5. The highest BCUT2D eigenvalue weighted by Crippen LogP contribution is 2.49. The highest BCUT2D eigenvalue weighted by atomic mass is 35.5. The van der Waals surface area contributed by atoms with Gasteiger partial charge in [-0.2, -0.15) is 26.3 Å². The van der Waals surface area contributed by atoms with Crippen LogP contribution in [0.1, 0.15) is 138 Å². The van der Waals surface area contributed by atoms with E-state index in [-0.39, 0.29) is 98.2 Å². The molecule has 27 heteroatoms. The third-order valence-electron chi connectivity index (χ3n) is 20.3. The molecule has 6 aromatic rings. The van der Waals surface area contributed by atoms with E-state index >= 15 is 0 Å². The minimum absolute atomic E-state index is 0. The molecular formula is C78H98Cl3F7N8O8S. The number of hydrogen-bond acceptors (Lipinski definition) is 12. The summed E-state index contributed by atoms with van der Waals surface area (Å²) in [6, 6.07) is 36.0. The highest BCUT2D eigenvalue weighted by Gasteiger charge is 2.50. The summed E-state index contributed by atoms with van der Waals surface area (Å²) in [7, 11) is 5.38. The SMILES string of the molecule is CN(CCN1CCC(OC(=O)Nc2ccccc2-c2ccccc2)CC1)C(=O)CCCCCN(Cc1ccc(C(=O)N(C)CCCN(C)C(=O)CO[C@H]2Cc3ccccc3C23CCN(CC[C@@]2(c4ccc(F)cc4)CN(C(=O)c4cc(C(F)(F)F)cc(C(F)(F)F)c4)CO2)CC3)s1)CC(C)(C)C.Cl.Cl.Cl. The van der Waals surface area contributed by atoms with Gasteiger partial charge in [-0.15, -0.1) is 48.6 Å². The third-order valence-corrected chi connectivity index (χ3v) is 21.4. The number of para-hydroxylation sites is 1. The number of amides is 5. The molecule has 1 N–H and O–H groups in total. The fourth-order valence-electron chi connectivity index (χ4n) is 14.6. The van der Waals surface area contributed by atoms with Crippen LogP contribution in [0.2, 0.25) is 0 Å². The number of carbonyl (C=O) groups is 5. The van der Waals surface area contributed by atoms with Crippen LogP contribution in [0.25, 0.3) is 11.1 Å². The Morgan fingerprint density at radius 2 is 1.30 bits per heavy atom. The van der Waals surface area contributed by atoms with Crippen molar-refractivity contribution in [2.24, 2.45) is 5.41 Å². The van der Waals surface area contributed by atoms with Crippen LogP contribution in [0.3, 0.4) is 0 Å².